The standard InChI is InChI=1S/C23H27N3O6S/c1-17-6-7-18(33(29,30)26-10-14-32-15-11-26)16-20(17)22(27)24-21-5-3-2-4-19(21)23(28)25-8-12-31-13-9-25/h2-7,16H,8-15H2,1H3,(H,24,27). The summed E-state index contributed by atoms with van der Waals surface area (Å²) in [5.74, 6) is -0.664. The van der Waals surface area contributed by atoms with Gasteiger partial charge in [0.2, 0.25) is 10.0 Å². The Bertz CT molecular complexity index is 1140. The molecule has 4 rings (SSSR count). The zero-order valence-corrected chi connectivity index (χ0v) is 19.3. The Kier molecular flexibility index (Phi) is 7.08. The van der Waals surface area contributed by atoms with E-state index in [0.717, 1.165) is 0 Å². The lowest BCUT2D eigenvalue weighted by Crippen LogP contribution is -2.41. The molecule has 2 amide bonds. The number of carbonyl (C=O) groups excluding carboxylic acids is 2. The third-order valence-electron chi connectivity index (χ3n) is 5.77. The minimum atomic E-state index is -3.74. The molecule has 9 nitrogen and oxygen atoms in total. The number of hydrogen-bond donors (Lipinski definition) is 1. The number of benzene rings is 2. The monoisotopic (exact) mass is 473 g/mol. The third kappa shape index (κ3) is 5.09. The fraction of sp³-hybridized carbons (Fsp3) is 0.391. The van der Waals surface area contributed by atoms with Crippen molar-refractivity contribution in [3.05, 3.63) is 59.2 Å². The number of anilines is 1. The first-order chi connectivity index (χ1) is 15.9. The molecule has 2 saturated heterocycles. The Balaban J connectivity index is 1.58. The lowest BCUT2D eigenvalue weighted by molar-refractivity contribution is 0.0303. The highest BCUT2D eigenvalue weighted by atomic mass is 32.2. The van der Waals surface area contributed by atoms with Gasteiger partial charge in [-0.2, -0.15) is 4.31 Å². The molecule has 176 valence electrons. The summed E-state index contributed by atoms with van der Waals surface area (Å²) in [6, 6.07) is 11.3. The second-order valence-corrected chi connectivity index (χ2v) is 9.84. The maximum absolute atomic E-state index is 13.2. The van der Waals surface area contributed by atoms with Crippen LogP contribution in [0.3, 0.4) is 0 Å². The van der Waals surface area contributed by atoms with E-state index >= 15 is 0 Å². The van der Waals surface area contributed by atoms with E-state index in [9.17, 15) is 18.0 Å². The van der Waals surface area contributed by atoms with Crippen LogP contribution in [0, 0.1) is 6.92 Å². The topological polar surface area (TPSA) is 105 Å². The van der Waals surface area contributed by atoms with Crippen LogP contribution in [0.4, 0.5) is 5.69 Å². The Morgan fingerprint density at radius 1 is 0.879 bits per heavy atom. The highest BCUT2D eigenvalue weighted by molar-refractivity contribution is 7.89. The fourth-order valence-corrected chi connectivity index (χ4v) is 5.28. The predicted molar refractivity (Wildman–Crippen MR) is 122 cm³/mol. The van der Waals surface area contributed by atoms with E-state index in [4.69, 9.17) is 9.47 Å². The van der Waals surface area contributed by atoms with Crippen molar-refractivity contribution in [1.82, 2.24) is 9.21 Å². The predicted octanol–water partition coefficient (Wildman–Crippen LogP) is 1.74. The molecule has 0 spiro atoms. The summed E-state index contributed by atoms with van der Waals surface area (Å²) in [5, 5.41) is 2.80. The van der Waals surface area contributed by atoms with Gasteiger partial charge in [-0.3, -0.25) is 9.59 Å². The van der Waals surface area contributed by atoms with Crippen LogP contribution >= 0.6 is 0 Å². The molecule has 0 saturated carbocycles. The zero-order chi connectivity index (χ0) is 23.4. The summed E-state index contributed by atoms with van der Waals surface area (Å²) in [4.78, 5) is 27.9. The first-order valence-electron chi connectivity index (χ1n) is 10.8. The highest BCUT2D eigenvalue weighted by Crippen LogP contribution is 2.23. The van der Waals surface area contributed by atoms with Crippen molar-refractivity contribution in [3.63, 3.8) is 0 Å². The van der Waals surface area contributed by atoms with Crippen molar-refractivity contribution in [2.75, 3.05) is 57.9 Å². The Hall–Kier alpha value is -2.79. The summed E-state index contributed by atoms with van der Waals surface area (Å²) < 4.78 is 38.0. The van der Waals surface area contributed by atoms with Crippen molar-refractivity contribution < 1.29 is 27.5 Å². The molecule has 2 fully saturated rings. The number of rotatable bonds is 5. The lowest BCUT2D eigenvalue weighted by Gasteiger charge is -2.27. The van der Waals surface area contributed by atoms with Crippen LogP contribution in [-0.2, 0) is 19.5 Å². The molecule has 0 radical (unpaired) electrons. The van der Waals surface area contributed by atoms with E-state index in [2.05, 4.69) is 5.32 Å². The van der Waals surface area contributed by atoms with E-state index in [1.807, 2.05) is 0 Å². The van der Waals surface area contributed by atoms with Crippen molar-refractivity contribution in [3.8, 4) is 0 Å². The molecule has 0 aromatic heterocycles. The van der Waals surface area contributed by atoms with Gasteiger partial charge in [-0.15, -0.1) is 0 Å². The van der Waals surface area contributed by atoms with Crippen LogP contribution in [-0.4, -0.2) is 82.0 Å². The van der Waals surface area contributed by atoms with E-state index in [0.29, 0.717) is 56.3 Å². The molecule has 10 heteroatoms. The van der Waals surface area contributed by atoms with Gasteiger partial charge in [0.05, 0.1) is 42.6 Å². The van der Waals surface area contributed by atoms with E-state index in [1.54, 1.807) is 42.2 Å². The molecule has 2 aromatic carbocycles. The van der Waals surface area contributed by atoms with Gasteiger partial charge in [0, 0.05) is 31.7 Å². The number of nitrogens with zero attached hydrogens (tertiary/aromatic N) is 2. The zero-order valence-electron chi connectivity index (χ0n) is 18.5. The van der Waals surface area contributed by atoms with E-state index in [-0.39, 0.29) is 29.5 Å². The summed E-state index contributed by atoms with van der Waals surface area (Å²) in [5.41, 5.74) is 1.62. The number of nitrogens with one attached hydrogen (secondary N) is 1. The Morgan fingerprint density at radius 2 is 1.52 bits per heavy atom. The van der Waals surface area contributed by atoms with Crippen LogP contribution in [0.2, 0.25) is 0 Å². The number of morpholine rings is 2. The van der Waals surface area contributed by atoms with E-state index < -0.39 is 15.9 Å². The first kappa shape index (κ1) is 23.4. The number of amides is 2. The van der Waals surface area contributed by atoms with Crippen molar-refractivity contribution in [2.24, 2.45) is 0 Å². The molecule has 0 unspecified atom stereocenters. The van der Waals surface area contributed by atoms with E-state index in [1.165, 1.54) is 16.4 Å². The molecule has 33 heavy (non-hydrogen) atoms. The van der Waals surface area contributed by atoms with Crippen molar-refractivity contribution in [2.45, 2.75) is 11.8 Å². The summed E-state index contributed by atoms with van der Waals surface area (Å²) in [7, 11) is -3.74. The molecule has 2 aliphatic rings. The summed E-state index contributed by atoms with van der Waals surface area (Å²) in [6.45, 7) is 4.89. The van der Waals surface area contributed by atoms with Crippen LogP contribution in [0.25, 0.3) is 0 Å². The average molecular weight is 474 g/mol. The van der Waals surface area contributed by atoms with Crippen LogP contribution < -0.4 is 5.32 Å². The second kappa shape index (κ2) is 10.0. The van der Waals surface area contributed by atoms with Gasteiger partial charge in [-0.25, -0.2) is 8.42 Å². The molecular formula is C23H27N3O6S. The van der Waals surface area contributed by atoms with Gasteiger partial charge in [0.1, 0.15) is 0 Å². The normalized spacial score (nSPS) is 17.5. The largest absolute Gasteiger partial charge is 0.379 e. The second-order valence-electron chi connectivity index (χ2n) is 7.90. The molecular weight excluding hydrogens is 446 g/mol. The van der Waals surface area contributed by atoms with Crippen LogP contribution in [0.5, 0.6) is 0 Å². The average Bonchev–Trinajstić information content (AvgIpc) is 2.85. The third-order valence-corrected chi connectivity index (χ3v) is 7.66. The van der Waals surface area contributed by atoms with Crippen LogP contribution in [0.15, 0.2) is 47.4 Å². The molecule has 0 bridgehead atoms. The maximum Gasteiger partial charge on any atom is 0.256 e. The number of para-hydroxylation sites is 1. The number of aryl methyl sites for hydroxylation is 1. The quantitative estimate of drug-likeness (QED) is 0.709. The van der Waals surface area contributed by atoms with Crippen molar-refractivity contribution in [1.29, 1.82) is 0 Å². The molecule has 0 aliphatic carbocycles. The Labute approximate surface area is 193 Å². The summed E-state index contributed by atoms with van der Waals surface area (Å²) in [6.07, 6.45) is 0. The smallest absolute Gasteiger partial charge is 0.256 e. The molecule has 2 aliphatic heterocycles. The highest BCUT2D eigenvalue weighted by Gasteiger charge is 2.28. The van der Waals surface area contributed by atoms with Gasteiger partial charge < -0.3 is 19.7 Å². The van der Waals surface area contributed by atoms with Gasteiger partial charge in [-0.1, -0.05) is 18.2 Å². The van der Waals surface area contributed by atoms with Gasteiger partial charge in [0.15, 0.2) is 0 Å². The minimum Gasteiger partial charge on any atom is -0.379 e. The summed E-state index contributed by atoms with van der Waals surface area (Å²) >= 11 is 0. The fourth-order valence-electron chi connectivity index (χ4n) is 3.85. The number of ether oxygens (including phenoxy) is 2. The molecule has 2 heterocycles. The molecule has 1 N–H and O–H groups in total. The van der Waals surface area contributed by atoms with Gasteiger partial charge >= 0.3 is 0 Å². The SMILES string of the molecule is Cc1ccc(S(=O)(=O)N2CCOCC2)cc1C(=O)Nc1ccccc1C(=O)N1CCOCC1. The Morgan fingerprint density at radius 3 is 2.21 bits per heavy atom. The number of sulfonamides is 1. The molecule has 0 atom stereocenters. The number of carbonyl (C=O) groups is 2. The van der Waals surface area contributed by atoms with Gasteiger partial charge in [-0.05, 0) is 36.8 Å². The molecule has 2 aromatic rings. The lowest BCUT2D eigenvalue weighted by atomic mass is 10.1. The van der Waals surface area contributed by atoms with Gasteiger partial charge in [0.25, 0.3) is 11.8 Å². The minimum absolute atomic E-state index is 0.0535. The van der Waals surface area contributed by atoms with Crippen molar-refractivity contribution >= 4 is 27.5 Å². The number of hydrogen-bond acceptors (Lipinski definition) is 6. The first-order valence-corrected chi connectivity index (χ1v) is 12.3. The maximum atomic E-state index is 13.2. The van der Waals surface area contributed by atoms with Crippen LogP contribution in [0.1, 0.15) is 26.3 Å².